The van der Waals surface area contributed by atoms with E-state index in [4.69, 9.17) is 17.2 Å². The van der Waals surface area contributed by atoms with E-state index < -0.39 is 203 Å². The third-order valence-electron chi connectivity index (χ3n) is 12.6. The number of guanidine groups is 3. The molecule has 70 heavy (non-hydrogen) atoms. The number of aliphatic carboxylic acids is 3. The lowest BCUT2D eigenvalue weighted by Crippen LogP contribution is -2.85. The second-order valence-corrected chi connectivity index (χ2v) is 16.6. The molecule has 3 amide bonds. The zero-order valence-corrected chi connectivity index (χ0v) is 37.7. The van der Waals surface area contributed by atoms with E-state index in [9.17, 15) is 110 Å². The molecule has 0 aromatic rings. The van der Waals surface area contributed by atoms with Gasteiger partial charge in [0.2, 0.25) is 23.3 Å². The summed E-state index contributed by atoms with van der Waals surface area (Å²) in [5.41, 5.74) is 9.85. The van der Waals surface area contributed by atoms with Crippen molar-refractivity contribution in [1.29, 1.82) is 0 Å². The second-order valence-electron chi connectivity index (χ2n) is 16.6. The lowest BCUT2D eigenvalue weighted by Gasteiger charge is -2.54. The van der Waals surface area contributed by atoms with E-state index in [1.807, 2.05) is 0 Å². The van der Waals surface area contributed by atoms with Gasteiger partial charge in [-0.25, -0.2) is 29.4 Å². The van der Waals surface area contributed by atoms with Crippen LogP contribution < -0.4 is 17.2 Å². The first-order chi connectivity index (χ1) is 32.5. The molecule has 2 unspecified atom stereocenters. The molecule has 14 atom stereocenters. The molecule has 34 heteroatoms. The number of likely N-dealkylation sites (N-methyl/N-ethyl adjacent to an activating group) is 3. The van der Waals surface area contributed by atoms with Gasteiger partial charge in [-0.1, -0.05) is 0 Å². The van der Waals surface area contributed by atoms with Crippen molar-refractivity contribution < 1.29 is 110 Å². The van der Waals surface area contributed by atoms with Crippen LogP contribution in [0.15, 0.2) is 15.0 Å². The van der Waals surface area contributed by atoms with Crippen LogP contribution in [0.2, 0.25) is 0 Å². The number of rotatable bonds is 17. The zero-order valence-electron chi connectivity index (χ0n) is 37.7. The highest BCUT2D eigenvalue weighted by Gasteiger charge is 2.74. The number of piperidine rings is 3. The lowest BCUT2D eigenvalue weighted by atomic mass is 9.77. The number of β-amino-alcohol motifs (C(OH)–C–C–N with tert-alkyl or cyclic N) is 3. The van der Waals surface area contributed by atoms with E-state index in [2.05, 4.69) is 15.0 Å². The number of nitrogens with two attached hydrogens (primary N) is 3. The summed E-state index contributed by atoms with van der Waals surface area (Å²) in [7, 11) is 1.85. The van der Waals surface area contributed by atoms with E-state index in [0.29, 0.717) is 35.8 Å². The number of aliphatic imine (C=N–C) groups is 3. The molecule has 3 saturated heterocycles. The zero-order chi connectivity index (χ0) is 53.7. The maximum atomic E-state index is 14.0. The minimum Gasteiger partial charge on any atom is -0.480 e. The molecule has 34 nitrogen and oxygen atoms in total. The Bertz CT molecular complexity index is 1950. The van der Waals surface area contributed by atoms with E-state index in [1.54, 1.807) is 0 Å². The Labute approximate surface area is 395 Å². The van der Waals surface area contributed by atoms with Gasteiger partial charge >= 0.3 is 17.9 Å². The predicted molar refractivity (Wildman–Crippen MR) is 229 cm³/mol. The van der Waals surface area contributed by atoms with Crippen molar-refractivity contribution in [3.8, 4) is 0 Å². The molecule has 0 spiro atoms. The third kappa shape index (κ3) is 10.9. The molecule has 3 heterocycles. The van der Waals surface area contributed by atoms with Crippen LogP contribution in [0.5, 0.6) is 0 Å². The summed E-state index contributed by atoms with van der Waals surface area (Å²) >= 11 is 0. The number of carbonyl (C=O) groups excluding carboxylic acids is 3. The normalized spacial score (nSPS) is 31.2. The van der Waals surface area contributed by atoms with Gasteiger partial charge in [-0.05, 0) is 0 Å². The molecular formula is C36H62N12O22. The minimum atomic E-state index is -4.47. The number of nitrogens with zero attached hydrogens (tertiary/aromatic N) is 9. The lowest BCUT2D eigenvalue weighted by molar-refractivity contribution is -0.216. The molecule has 0 saturated carbocycles. The van der Waals surface area contributed by atoms with Crippen molar-refractivity contribution in [3.05, 3.63) is 0 Å². The first-order valence-corrected chi connectivity index (χ1v) is 20.8. The van der Waals surface area contributed by atoms with E-state index in [-0.39, 0.29) is 14.7 Å². The fourth-order valence-electron chi connectivity index (χ4n) is 8.51. The number of amides is 3. The summed E-state index contributed by atoms with van der Waals surface area (Å²) in [6.07, 6.45) is -16.4. The van der Waals surface area contributed by atoms with Crippen molar-refractivity contribution in [2.24, 2.45) is 32.2 Å². The third-order valence-corrected chi connectivity index (χ3v) is 12.6. The van der Waals surface area contributed by atoms with Crippen LogP contribution in [0.4, 0.5) is 0 Å². The molecule has 3 fully saturated rings. The summed E-state index contributed by atoms with van der Waals surface area (Å²) < 4.78 is 0. The van der Waals surface area contributed by atoms with Crippen molar-refractivity contribution >= 4 is 53.5 Å². The van der Waals surface area contributed by atoms with Crippen molar-refractivity contribution in [3.63, 3.8) is 0 Å². The maximum Gasteiger partial charge on any atom is 0.354 e. The van der Waals surface area contributed by atoms with Gasteiger partial charge in [0, 0.05) is 40.8 Å². The number of carbonyl (C=O) groups is 6. The molecular weight excluding hydrogens is 952 g/mol. The van der Waals surface area contributed by atoms with Crippen molar-refractivity contribution in [2.75, 3.05) is 80.2 Å². The summed E-state index contributed by atoms with van der Waals surface area (Å²) in [4.78, 5) is 94.5. The average molecular weight is 1010 g/mol. The topological polar surface area (TPSA) is 561 Å². The Morgan fingerprint density at radius 1 is 0.529 bits per heavy atom. The quantitative estimate of drug-likeness (QED) is 0.0365. The SMILES string of the molecule is CN(C(N)=NCC(=O)N1C[C@H](O)[C@@H](O)[C@H](O)[C@H]1CO)C(C(=O)O)C(O)(C(=O)O)C(C(=O)O)(N(C)C(N)=NCC(=O)N1C[C@H](O)[C@@H](O)[C@H](O)[C@H]1CO)N(C)C(N)=NCC(=O)N1C[C@H](O)[C@@H](O)[C@H](O)[C@H]1CO. The van der Waals surface area contributed by atoms with Crippen molar-refractivity contribution in [2.45, 2.75) is 90.4 Å². The van der Waals surface area contributed by atoms with Crippen LogP contribution in [0, 0.1) is 0 Å². The number of hydrogen-bond donors (Lipinski definition) is 19. The van der Waals surface area contributed by atoms with Gasteiger partial charge in [0.05, 0.1) is 37.9 Å². The van der Waals surface area contributed by atoms with E-state index in [1.165, 1.54) is 0 Å². The Morgan fingerprint density at radius 2 is 0.814 bits per heavy atom. The summed E-state index contributed by atoms with van der Waals surface area (Å²) in [5, 5.41) is 167. The van der Waals surface area contributed by atoms with Gasteiger partial charge in [-0.3, -0.25) is 14.4 Å². The van der Waals surface area contributed by atoms with Crippen LogP contribution >= 0.6 is 0 Å². The van der Waals surface area contributed by atoms with Gasteiger partial charge in [0.15, 0.2) is 23.9 Å². The fourth-order valence-corrected chi connectivity index (χ4v) is 8.51. The first-order valence-electron chi connectivity index (χ1n) is 20.8. The molecule has 3 aliphatic rings. The van der Waals surface area contributed by atoms with Gasteiger partial charge in [-0.2, -0.15) is 0 Å². The summed E-state index contributed by atoms with van der Waals surface area (Å²) in [6.45, 7) is -8.50. The Morgan fingerprint density at radius 3 is 1.06 bits per heavy atom. The number of carboxylic acids is 3. The highest BCUT2D eigenvalue weighted by Crippen LogP contribution is 2.38. The largest absolute Gasteiger partial charge is 0.480 e. The van der Waals surface area contributed by atoms with Crippen LogP contribution in [-0.2, 0) is 28.8 Å². The smallest absolute Gasteiger partial charge is 0.354 e. The Hall–Kier alpha value is -5.89. The molecule has 3 aliphatic heterocycles. The number of aliphatic hydroxyl groups excluding tert-OH is 12. The maximum absolute atomic E-state index is 14.0. The summed E-state index contributed by atoms with van der Waals surface area (Å²) in [5.74, 6) is -14.8. The average Bonchev–Trinajstić information content (AvgIpc) is 3.30. The van der Waals surface area contributed by atoms with Gasteiger partial charge in [0.25, 0.3) is 5.66 Å². The second kappa shape index (κ2) is 23.3. The van der Waals surface area contributed by atoms with Crippen molar-refractivity contribution in [1.82, 2.24) is 29.4 Å². The van der Waals surface area contributed by atoms with E-state index >= 15 is 0 Å². The van der Waals surface area contributed by atoms with Gasteiger partial charge in [-0.15, -0.1) is 0 Å². The van der Waals surface area contributed by atoms with Crippen LogP contribution in [0.1, 0.15) is 0 Å². The highest BCUT2D eigenvalue weighted by molar-refractivity contribution is 6.03. The summed E-state index contributed by atoms with van der Waals surface area (Å²) in [6, 6.07) is -7.83. The molecule has 0 bridgehead atoms. The number of aliphatic hydroxyl groups is 13. The van der Waals surface area contributed by atoms with Gasteiger partial charge in [0.1, 0.15) is 74.6 Å². The number of likely N-dealkylation sites (tertiary alicyclic amines) is 3. The highest BCUT2D eigenvalue weighted by atomic mass is 16.4. The predicted octanol–water partition coefficient (Wildman–Crippen LogP) is -14.4. The van der Waals surface area contributed by atoms with E-state index in [0.717, 1.165) is 0 Å². The molecule has 22 N–H and O–H groups in total. The van der Waals surface area contributed by atoms with Crippen LogP contribution in [-0.4, -0.2) is 335 Å². The molecule has 0 aliphatic carbocycles. The Kier molecular flexibility index (Phi) is 19.5. The molecule has 398 valence electrons. The fraction of sp³-hybridized carbons (Fsp3) is 0.750. The number of hydrogen-bond acceptors (Lipinski definition) is 22. The van der Waals surface area contributed by atoms with Crippen LogP contribution in [0.25, 0.3) is 0 Å². The Balaban J connectivity index is 2.25. The van der Waals surface area contributed by atoms with Gasteiger partial charge < -0.3 is 128 Å². The minimum absolute atomic E-state index is 0.0890. The molecule has 3 rings (SSSR count). The standard InChI is InChI=1S/C36H62N12O22/c1-43(32(37)40-4-19(55)46-7-16(52)25(61)22(58)13(46)10-49)28(29(64)65)35(70,30(66)67)36(31(68)69,44(2)33(38)41-5-20(56)47-8-17(53)26(62)23(59)14(47)11-50)45(3)34(39)42-6-21(57)48-9-18(54)27(63)24(60)15(48)12-51/h13-18,22-28,49-54,58-63,70H,4-12H2,1-3H3,(H2,37,40)(H2,38,41)(H2,39,42)(H,64,65)(H,66,67)(H,68,69)/t13-,14-,15-,16+,17+,18+,22-,23-,24-,25-,26-,27-,28?,35?/m1/s1. The molecule has 0 aromatic heterocycles. The molecule has 0 radical (unpaired) electrons. The molecule has 0 aromatic carbocycles. The van der Waals surface area contributed by atoms with Crippen LogP contribution in [0.3, 0.4) is 0 Å². The first kappa shape index (κ1) is 58.4. The monoisotopic (exact) mass is 1010 g/mol. The number of carboxylic acid groups (broad SMARTS) is 3.